The summed E-state index contributed by atoms with van der Waals surface area (Å²) in [5.41, 5.74) is 6.64. The van der Waals surface area contributed by atoms with Crippen LogP contribution in [0.25, 0.3) is 0 Å². The maximum Gasteiger partial charge on any atom is 0.253 e. The van der Waals surface area contributed by atoms with Crippen LogP contribution in [0.15, 0.2) is 54.6 Å². The van der Waals surface area contributed by atoms with E-state index in [1.807, 2.05) is 66.4 Å². The molecule has 1 unspecified atom stereocenters. The first-order valence-corrected chi connectivity index (χ1v) is 8.51. The average molecular weight is 361 g/mol. The highest BCUT2D eigenvalue weighted by atomic mass is 35.5. The molecule has 2 N–H and O–H groups in total. The van der Waals surface area contributed by atoms with Crippen LogP contribution < -0.4 is 10.5 Å². The summed E-state index contributed by atoms with van der Waals surface area (Å²) in [6.45, 7) is 3.59. The van der Waals surface area contributed by atoms with Gasteiger partial charge in [0.15, 0.2) is 0 Å². The number of likely N-dealkylation sites (tertiary alicyclic amines) is 1. The molecule has 5 heteroatoms. The highest BCUT2D eigenvalue weighted by Crippen LogP contribution is 2.24. The molecule has 0 saturated carbocycles. The largest absolute Gasteiger partial charge is 0.457 e. The molecule has 1 atom stereocenters. The Morgan fingerprint density at radius 3 is 2.36 bits per heavy atom. The molecule has 0 spiro atoms. The van der Waals surface area contributed by atoms with Crippen molar-refractivity contribution in [3.8, 4) is 11.5 Å². The highest BCUT2D eigenvalue weighted by Gasteiger charge is 2.25. The van der Waals surface area contributed by atoms with E-state index < -0.39 is 0 Å². The smallest absolute Gasteiger partial charge is 0.253 e. The van der Waals surface area contributed by atoms with Crippen molar-refractivity contribution in [2.75, 3.05) is 13.1 Å². The maximum atomic E-state index is 12.7. The van der Waals surface area contributed by atoms with Gasteiger partial charge in [-0.05, 0) is 56.0 Å². The van der Waals surface area contributed by atoms with Crippen molar-refractivity contribution in [2.24, 2.45) is 11.7 Å². The molecule has 1 saturated heterocycles. The number of para-hydroxylation sites is 1. The first kappa shape index (κ1) is 19.3. The van der Waals surface area contributed by atoms with Gasteiger partial charge in [-0.15, -0.1) is 12.4 Å². The highest BCUT2D eigenvalue weighted by molar-refractivity contribution is 5.94. The lowest BCUT2D eigenvalue weighted by atomic mass is 9.90. The van der Waals surface area contributed by atoms with Gasteiger partial charge in [-0.2, -0.15) is 0 Å². The average Bonchev–Trinajstić information content (AvgIpc) is 2.62. The summed E-state index contributed by atoms with van der Waals surface area (Å²) >= 11 is 0. The zero-order valence-corrected chi connectivity index (χ0v) is 15.2. The Morgan fingerprint density at radius 1 is 1.08 bits per heavy atom. The summed E-state index contributed by atoms with van der Waals surface area (Å²) in [6.07, 6.45) is 1.95. The van der Waals surface area contributed by atoms with E-state index >= 15 is 0 Å². The van der Waals surface area contributed by atoms with Crippen molar-refractivity contribution in [3.63, 3.8) is 0 Å². The number of carbonyl (C=O) groups excluding carboxylic acids is 1. The first-order chi connectivity index (χ1) is 11.6. The van der Waals surface area contributed by atoms with Crippen LogP contribution >= 0.6 is 12.4 Å². The summed E-state index contributed by atoms with van der Waals surface area (Å²) < 4.78 is 5.82. The number of carbonyl (C=O) groups is 1. The second kappa shape index (κ2) is 8.88. The van der Waals surface area contributed by atoms with E-state index in [4.69, 9.17) is 10.5 Å². The summed E-state index contributed by atoms with van der Waals surface area (Å²) in [5.74, 6) is 2.02. The van der Waals surface area contributed by atoms with E-state index in [9.17, 15) is 4.79 Å². The van der Waals surface area contributed by atoms with Crippen molar-refractivity contribution in [1.29, 1.82) is 0 Å². The second-order valence-corrected chi connectivity index (χ2v) is 6.43. The number of hydrogen-bond donors (Lipinski definition) is 1. The SMILES string of the molecule is CC(N)C1CCN(C(=O)c2cccc(Oc3ccccc3)c2)CC1.Cl. The van der Waals surface area contributed by atoms with Gasteiger partial charge in [0.2, 0.25) is 0 Å². The number of amides is 1. The lowest BCUT2D eigenvalue weighted by Crippen LogP contribution is -2.42. The maximum absolute atomic E-state index is 12.7. The summed E-state index contributed by atoms with van der Waals surface area (Å²) in [4.78, 5) is 14.6. The Morgan fingerprint density at radius 2 is 1.72 bits per heavy atom. The van der Waals surface area contributed by atoms with Gasteiger partial charge in [0.05, 0.1) is 0 Å². The van der Waals surface area contributed by atoms with Crippen LogP contribution in [0.3, 0.4) is 0 Å². The normalized spacial score (nSPS) is 16.0. The Hall–Kier alpha value is -2.04. The van der Waals surface area contributed by atoms with Gasteiger partial charge in [-0.1, -0.05) is 24.3 Å². The Bertz CT molecular complexity index is 683. The van der Waals surface area contributed by atoms with E-state index in [-0.39, 0.29) is 24.4 Å². The molecule has 0 aromatic heterocycles. The van der Waals surface area contributed by atoms with Gasteiger partial charge < -0.3 is 15.4 Å². The van der Waals surface area contributed by atoms with Gasteiger partial charge >= 0.3 is 0 Å². The molecule has 0 bridgehead atoms. The predicted molar refractivity (Wildman–Crippen MR) is 102 cm³/mol. The molecule has 0 aliphatic carbocycles. The molecule has 3 rings (SSSR count). The fourth-order valence-corrected chi connectivity index (χ4v) is 3.13. The number of nitrogens with zero attached hydrogens (tertiary/aromatic N) is 1. The Labute approximate surface area is 155 Å². The molecule has 1 amide bonds. The summed E-state index contributed by atoms with van der Waals surface area (Å²) in [7, 11) is 0. The number of ether oxygens (including phenoxy) is 1. The number of nitrogens with two attached hydrogens (primary N) is 1. The summed E-state index contributed by atoms with van der Waals surface area (Å²) in [6, 6.07) is 17.2. The van der Waals surface area contributed by atoms with Gasteiger partial charge in [0, 0.05) is 24.7 Å². The Balaban J connectivity index is 0.00000225. The molecule has 2 aromatic carbocycles. The number of rotatable bonds is 4. The minimum Gasteiger partial charge on any atom is -0.457 e. The molecule has 134 valence electrons. The molecule has 1 aliphatic heterocycles. The van der Waals surface area contributed by atoms with Gasteiger partial charge in [-0.3, -0.25) is 4.79 Å². The lowest BCUT2D eigenvalue weighted by Gasteiger charge is -2.33. The molecule has 1 fully saturated rings. The molecule has 2 aromatic rings. The third-order valence-electron chi connectivity index (χ3n) is 4.63. The third-order valence-corrected chi connectivity index (χ3v) is 4.63. The minimum absolute atomic E-state index is 0. The zero-order valence-electron chi connectivity index (χ0n) is 14.4. The molecule has 1 aliphatic rings. The zero-order chi connectivity index (χ0) is 16.9. The molecule has 4 nitrogen and oxygen atoms in total. The van der Waals surface area contributed by atoms with Crippen LogP contribution in [0.2, 0.25) is 0 Å². The van der Waals surface area contributed by atoms with Crippen LogP contribution in [0.4, 0.5) is 0 Å². The molecule has 25 heavy (non-hydrogen) atoms. The topological polar surface area (TPSA) is 55.6 Å². The van der Waals surface area contributed by atoms with Crippen LogP contribution in [-0.2, 0) is 0 Å². The third kappa shape index (κ3) is 4.97. The van der Waals surface area contributed by atoms with E-state index in [1.165, 1.54) is 0 Å². The Kier molecular flexibility index (Phi) is 6.85. The van der Waals surface area contributed by atoms with E-state index in [1.54, 1.807) is 0 Å². The molecule has 1 heterocycles. The number of piperidine rings is 1. The molecular weight excluding hydrogens is 336 g/mol. The molecule has 0 radical (unpaired) electrons. The van der Waals surface area contributed by atoms with E-state index in [2.05, 4.69) is 0 Å². The van der Waals surface area contributed by atoms with E-state index in [0.29, 0.717) is 17.2 Å². The van der Waals surface area contributed by atoms with Crippen molar-refractivity contribution in [1.82, 2.24) is 4.90 Å². The first-order valence-electron chi connectivity index (χ1n) is 8.51. The van der Waals surface area contributed by atoms with Crippen molar-refractivity contribution in [3.05, 3.63) is 60.2 Å². The van der Waals surface area contributed by atoms with Crippen LogP contribution in [-0.4, -0.2) is 29.9 Å². The monoisotopic (exact) mass is 360 g/mol. The van der Waals surface area contributed by atoms with Gasteiger partial charge in [-0.25, -0.2) is 0 Å². The predicted octanol–water partition coefficient (Wildman–Crippen LogP) is 4.10. The van der Waals surface area contributed by atoms with E-state index in [0.717, 1.165) is 31.7 Å². The fraction of sp³-hybridized carbons (Fsp3) is 0.350. The number of hydrogen-bond acceptors (Lipinski definition) is 3. The standard InChI is InChI=1S/C20H24N2O2.ClH/c1-15(21)16-10-12-22(13-11-16)20(23)17-6-5-9-19(14-17)24-18-7-3-2-4-8-18;/h2-9,14-16H,10-13,21H2,1H3;1H. The van der Waals surface area contributed by atoms with Crippen molar-refractivity contribution in [2.45, 2.75) is 25.8 Å². The number of benzene rings is 2. The second-order valence-electron chi connectivity index (χ2n) is 6.43. The lowest BCUT2D eigenvalue weighted by molar-refractivity contribution is 0.0680. The van der Waals surface area contributed by atoms with Crippen molar-refractivity contribution < 1.29 is 9.53 Å². The van der Waals surface area contributed by atoms with Crippen molar-refractivity contribution >= 4 is 18.3 Å². The van der Waals surface area contributed by atoms with Crippen LogP contribution in [0, 0.1) is 5.92 Å². The fourth-order valence-electron chi connectivity index (χ4n) is 3.13. The quantitative estimate of drug-likeness (QED) is 0.893. The minimum atomic E-state index is 0. The van der Waals surface area contributed by atoms with Gasteiger partial charge in [0.25, 0.3) is 5.91 Å². The van der Waals surface area contributed by atoms with Crippen LogP contribution in [0.1, 0.15) is 30.1 Å². The van der Waals surface area contributed by atoms with Crippen LogP contribution in [0.5, 0.6) is 11.5 Å². The molecular formula is C20H25ClN2O2. The summed E-state index contributed by atoms with van der Waals surface area (Å²) in [5, 5.41) is 0. The van der Waals surface area contributed by atoms with Gasteiger partial charge in [0.1, 0.15) is 11.5 Å². The number of halogens is 1.